The highest BCUT2D eigenvalue weighted by Crippen LogP contribution is 2.48. The van der Waals surface area contributed by atoms with Crippen molar-refractivity contribution in [3.63, 3.8) is 0 Å². The molecule has 0 saturated heterocycles. The highest BCUT2D eigenvalue weighted by Gasteiger charge is 2.51. The molecular weight excluding hydrogens is 812 g/mol. The summed E-state index contributed by atoms with van der Waals surface area (Å²) in [4.78, 5) is 50.3. The summed E-state index contributed by atoms with van der Waals surface area (Å²) >= 11 is 7.15. The van der Waals surface area contributed by atoms with E-state index in [9.17, 15) is 60.0 Å². The van der Waals surface area contributed by atoms with Gasteiger partial charge in [-0.2, -0.15) is 4.58 Å². The summed E-state index contributed by atoms with van der Waals surface area (Å²) in [5.74, 6) is -4.58. The quantitative estimate of drug-likeness (QED) is 0.0749. The predicted molar refractivity (Wildman–Crippen MR) is 226 cm³/mol. The van der Waals surface area contributed by atoms with Crippen molar-refractivity contribution in [1.29, 1.82) is 0 Å². The molecule has 0 atom stereocenters. The molecule has 2 aromatic carbocycles. The number of fused-ring (bicyclic) bond motifs is 2. The SMILES string of the molecule is O=C(O)CN(CCCN1C(=CC=C2CCCC(C=CC3=[N+](CCCN(CC(=O)O)CC(=O)O)c4ccccc4C3(CO)CO)=C2Cl)C(CO)(CO)c2ccccc21)CC(=O)O. The van der Waals surface area contributed by atoms with Crippen LogP contribution in [0.5, 0.6) is 0 Å². The maximum absolute atomic E-state index is 11.4. The maximum atomic E-state index is 11.4. The number of carboxylic acid groups (broad SMARTS) is 4. The van der Waals surface area contributed by atoms with Crippen LogP contribution in [-0.2, 0) is 30.0 Å². The van der Waals surface area contributed by atoms with Gasteiger partial charge in [0.2, 0.25) is 5.69 Å². The zero-order valence-electron chi connectivity index (χ0n) is 33.8. The molecule has 2 aliphatic heterocycles. The van der Waals surface area contributed by atoms with E-state index in [1.807, 2.05) is 82.3 Å². The minimum Gasteiger partial charge on any atom is -0.480 e. The van der Waals surface area contributed by atoms with Crippen LogP contribution in [-0.4, -0.2) is 164 Å². The second kappa shape index (κ2) is 21.1. The predicted octanol–water partition coefficient (Wildman–Crippen LogP) is 2.52. The summed E-state index contributed by atoms with van der Waals surface area (Å²) in [6.07, 6.45) is 10.1. The van der Waals surface area contributed by atoms with Gasteiger partial charge in [-0.1, -0.05) is 60.2 Å². The van der Waals surface area contributed by atoms with Gasteiger partial charge < -0.3 is 45.8 Å². The van der Waals surface area contributed by atoms with E-state index in [1.165, 1.54) is 9.80 Å². The van der Waals surface area contributed by atoms with Crippen molar-refractivity contribution in [3.05, 3.63) is 106 Å². The van der Waals surface area contributed by atoms with Gasteiger partial charge in [0.25, 0.3) is 0 Å². The Labute approximate surface area is 358 Å². The van der Waals surface area contributed by atoms with Crippen molar-refractivity contribution in [3.8, 4) is 0 Å². The molecule has 2 heterocycles. The molecule has 0 aromatic heterocycles. The normalized spacial score (nSPS) is 18.2. The smallest absolute Gasteiger partial charge is 0.317 e. The number of hydrogen-bond donors (Lipinski definition) is 8. The Morgan fingerprint density at radius 2 is 1.23 bits per heavy atom. The first-order valence-corrected chi connectivity index (χ1v) is 20.5. The minimum absolute atomic E-state index is 0.171. The number of anilines is 1. The third-order valence-corrected chi connectivity index (χ3v) is 12.0. The average Bonchev–Trinajstić information content (AvgIpc) is 3.64. The molecule has 2 aromatic rings. The topological polar surface area (TPSA) is 243 Å². The fourth-order valence-corrected chi connectivity index (χ4v) is 9.01. The van der Waals surface area contributed by atoms with Crippen molar-refractivity contribution < 1.29 is 64.6 Å². The van der Waals surface area contributed by atoms with Gasteiger partial charge in [0.15, 0.2) is 12.3 Å². The summed E-state index contributed by atoms with van der Waals surface area (Å²) in [5, 5.41) is 81.3. The summed E-state index contributed by atoms with van der Waals surface area (Å²) in [5.41, 5.74) is 3.32. The molecule has 8 N–H and O–H groups in total. The minimum atomic E-state index is -1.18. The molecule has 328 valence electrons. The molecular formula is C44H54ClN4O12+. The standard InChI is InChI=1S/C44H53ClN4O12/c45-42-30(14-16-36-43(26-50,27-51)32-10-1-3-12-34(32)48(36)20-6-18-46(22-38(54)55)23-39(56)57)8-5-9-31(42)15-17-37-44(28-52,29-53)33-11-2-4-13-35(33)49(37)21-7-19-47(24-40(58)59)25-41(60)61/h1-4,10-17,50-53H,5-9,18-29H2,(H3-,54,55,56,57,58,59,60,61)/p+1. The van der Waals surface area contributed by atoms with Crippen LogP contribution in [0.3, 0.4) is 0 Å². The van der Waals surface area contributed by atoms with Gasteiger partial charge in [0.05, 0.1) is 58.0 Å². The number of hydrogen-bond acceptors (Lipinski definition) is 11. The highest BCUT2D eigenvalue weighted by molar-refractivity contribution is 6.32. The van der Waals surface area contributed by atoms with Gasteiger partial charge >= 0.3 is 23.9 Å². The van der Waals surface area contributed by atoms with Gasteiger partial charge in [-0.15, -0.1) is 0 Å². The van der Waals surface area contributed by atoms with Crippen LogP contribution < -0.4 is 4.90 Å². The number of halogens is 1. The molecule has 0 spiro atoms. The van der Waals surface area contributed by atoms with E-state index in [-0.39, 0.29) is 13.1 Å². The number of carbonyl (C=O) groups is 4. The Morgan fingerprint density at radius 3 is 1.80 bits per heavy atom. The first-order chi connectivity index (χ1) is 29.2. The Bertz CT molecular complexity index is 2090. The van der Waals surface area contributed by atoms with E-state index >= 15 is 0 Å². The summed E-state index contributed by atoms with van der Waals surface area (Å²) in [6.45, 7) is -2.44. The first-order valence-electron chi connectivity index (χ1n) is 20.1. The van der Waals surface area contributed by atoms with E-state index in [0.29, 0.717) is 66.3 Å². The average molecular weight is 866 g/mol. The molecule has 16 nitrogen and oxygen atoms in total. The number of carboxylic acids is 4. The molecule has 0 bridgehead atoms. The van der Waals surface area contributed by atoms with Crippen molar-refractivity contribution in [2.75, 3.05) is 83.7 Å². The van der Waals surface area contributed by atoms with Crippen LogP contribution in [0.4, 0.5) is 11.4 Å². The van der Waals surface area contributed by atoms with Gasteiger partial charge in [0, 0.05) is 60.2 Å². The number of para-hydroxylation sites is 2. The van der Waals surface area contributed by atoms with Gasteiger partial charge in [0.1, 0.15) is 5.41 Å². The van der Waals surface area contributed by atoms with Crippen LogP contribution in [0.2, 0.25) is 0 Å². The molecule has 0 amide bonds. The summed E-state index contributed by atoms with van der Waals surface area (Å²) < 4.78 is 1.95. The lowest BCUT2D eigenvalue weighted by Gasteiger charge is -2.31. The van der Waals surface area contributed by atoms with E-state index in [0.717, 1.165) is 28.9 Å². The second-order valence-corrected chi connectivity index (χ2v) is 15.9. The van der Waals surface area contributed by atoms with Crippen LogP contribution in [0.25, 0.3) is 0 Å². The molecule has 0 radical (unpaired) electrons. The van der Waals surface area contributed by atoms with Crippen molar-refractivity contribution in [2.24, 2.45) is 0 Å². The van der Waals surface area contributed by atoms with Gasteiger partial charge in [-0.3, -0.25) is 29.0 Å². The number of aliphatic carboxylic acids is 4. The molecule has 0 saturated carbocycles. The first kappa shape index (κ1) is 46.9. The molecule has 61 heavy (non-hydrogen) atoms. The van der Waals surface area contributed by atoms with Crippen molar-refractivity contribution in [1.82, 2.24) is 9.80 Å². The van der Waals surface area contributed by atoms with Crippen LogP contribution in [0.15, 0.2) is 94.7 Å². The van der Waals surface area contributed by atoms with Crippen LogP contribution in [0.1, 0.15) is 43.2 Å². The number of nitrogens with zero attached hydrogens (tertiary/aromatic N) is 4. The molecule has 1 aliphatic carbocycles. The molecule has 5 rings (SSSR count). The molecule has 0 fully saturated rings. The molecule has 17 heteroatoms. The number of allylic oxidation sites excluding steroid dienone is 7. The maximum Gasteiger partial charge on any atom is 0.317 e. The third kappa shape index (κ3) is 10.5. The Morgan fingerprint density at radius 1 is 0.689 bits per heavy atom. The molecule has 0 unspecified atom stereocenters. The fraction of sp³-hybridized carbons (Fsp3) is 0.432. The molecule has 3 aliphatic rings. The third-order valence-electron chi connectivity index (χ3n) is 11.6. The van der Waals surface area contributed by atoms with Gasteiger partial charge in [-0.05, 0) is 54.5 Å². The van der Waals surface area contributed by atoms with Crippen molar-refractivity contribution >= 4 is 52.6 Å². The Hall–Kier alpha value is -5.20. The lowest BCUT2D eigenvalue weighted by atomic mass is 9.78. The van der Waals surface area contributed by atoms with Crippen molar-refractivity contribution in [2.45, 2.75) is 42.9 Å². The Balaban J connectivity index is 1.49. The summed E-state index contributed by atoms with van der Waals surface area (Å²) in [7, 11) is 0. The monoisotopic (exact) mass is 865 g/mol. The van der Waals surface area contributed by atoms with E-state index < -0.39 is 87.3 Å². The largest absolute Gasteiger partial charge is 0.480 e. The second-order valence-electron chi connectivity index (χ2n) is 15.5. The number of rotatable bonds is 23. The van der Waals surface area contributed by atoms with Crippen LogP contribution in [0, 0.1) is 0 Å². The van der Waals surface area contributed by atoms with Crippen LogP contribution >= 0.6 is 11.6 Å². The zero-order chi connectivity index (χ0) is 44.3. The highest BCUT2D eigenvalue weighted by atomic mass is 35.5. The summed E-state index contributed by atoms with van der Waals surface area (Å²) in [6, 6.07) is 14.7. The lowest BCUT2D eigenvalue weighted by molar-refractivity contribution is -0.438. The van der Waals surface area contributed by atoms with Gasteiger partial charge in [-0.25, -0.2) is 0 Å². The lowest BCUT2D eigenvalue weighted by Crippen LogP contribution is -2.42. The van der Waals surface area contributed by atoms with E-state index in [2.05, 4.69) is 0 Å². The number of aliphatic hydroxyl groups is 4. The Kier molecular flexibility index (Phi) is 16.2. The van der Waals surface area contributed by atoms with E-state index in [4.69, 9.17) is 11.6 Å². The fourth-order valence-electron chi connectivity index (χ4n) is 8.69. The van der Waals surface area contributed by atoms with E-state index in [1.54, 1.807) is 0 Å². The number of benzene rings is 2. The zero-order valence-corrected chi connectivity index (χ0v) is 34.6. The number of aliphatic hydroxyl groups excluding tert-OH is 4.